The summed E-state index contributed by atoms with van der Waals surface area (Å²) >= 11 is 0. The minimum Gasteiger partial charge on any atom is -0.872 e. The van der Waals surface area contributed by atoms with Crippen molar-refractivity contribution >= 4 is 17.5 Å². The number of ether oxygens (including phenoxy) is 1. The molecule has 90 valence electrons. The van der Waals surface area contributed by atoms with E-state index in [1.54, 1.807) is 0 Å². The van der Waals surface area contributed by atoms with Crippen LogP contribution in [0.1, 0.15) is 12.5 Å². The molecule has 0 saturated heterocycles. The van der Waals surface area contributed by atoms with Crippen molar-refractivity contribution in [1.82, 2.24) is 0 Å². The first-order valence-electron chi connectivity index (χ1n) is 4.91. The molecule has 0 aromatic heterocycles. The van der Waals surface area contributed by atoms with Crippen molar-refractivity contribution in [1.29, 1.82) is 0 Å². The van der Waals surface area contributed by atoms with Gasteiger partial charge >= 0.3 is 24.8 Å². The van der Waals surface area contributed by atoms with Crippen LogP contribution in [-0.4, -0.2) is 18.4 Å². The summed E-state index contributed by atoms with van der Waals surface area (Å²) in [7, 11) is 0. The second kappa shape index (κ2) is 7.70. The van der Waals surface area contributed by atoms with E-state index in [0.717, 1.165) is 6.07 Å². The molecule has 18 heavy (non-hydrogen) atoms. The third-order valence-corrected chi connectivity index (χ3v) is 1.88. The molecule has 0 amide bonds. The van der Waals surface area contributed by atoms with Gasteiger partial charge in [-0.1, -0.05) is 24.0 Å². The van der Waals surface area contributed by atoms with Gasteiger partial charge in [-0.2, -0.15) is 0 Å². The van der Waals surface area contributed by atoms with Crippen molar-refractivity contribution < 1.29 is 42.7 Å². The first-order valence-corrected chi connectivity index (χ1v) is 4.91. The van der Waals surface area contributed by atoms with E-state index in [-0.39, 0.29) is 31.0 Å². The summed E-state index contributed by atoms with van der Waals surface area (Å²) < 4.78 is 17.6. The molecule has 0 atom stereocenters. The van der Waals surface area contributed by atoms with Gasteiger partial charge in [0.25, 0.3) is 5.78 Å². The van der Waals surface area contributed by atoms with Crippen molar-refractivity contribution in [2.45, 2.75) is 6.92 Å². The molecule has 0 bridgehead atoms. The van der Waals surface area contributed by atoms with E-state index in [4.69, 9.17) is 0 Å². The second-order valence-electron chi connectivity index (χ2n) is 3.07. The zero-order valence-corrected chi connectivity index (χ0v) is 10.1. The Morgan fingerprint density at radius 3 is 2.56 bits per heavy atom. The molecule has 0 radical (unpaired) electrons. The van der Waals surface area contributed by atoms with Crippen LogP contribution in [0.5, 0.6) is 0 Å². The van der Waals surface area contributed by atoms with Gasteiger partial charge in [0.1, 0.15) is 5.82 Å². The molecule has 0 heterocycles. The van der Waals surface area contributed by atoms with Crippen molar-refractivity contribution in [3.63, 3.8) is 0 Å². The van der Waals surface area contributed by atoms with E-state index in [2.05, 4.69) is 4.74 Å². The Morgan fingerprint density at radius 1 is 1.39 bits per heavy atom. The molecule has 0 aliphatic rings. The summed E-state index contributed by atoms with van der Waals surface area (Å²) in [6.07, 6.45) is 0.524. The molecule has 1 rings (SSSR count). The third kappa shape index (κ3) is 4.36. The first kappa shape index (κ1) is 16.4. The fraction of sp³-hybridized carbons (Fsp3) is 0.167. The molecule has 0 unspecified atom stereocenters. The van der Waals surface area contributed by atoms with Crippen molar-refractivity contribution in [3.05, 3.63) is 41.7 Å². The van der Waals surface area contributed by atoms with Crippen LogP contribution in [0.15, 0.2) is 30.3 Å². The van der Waals surface area contributed by atoms with Crippen LogP contribution >= 0.6 is 0 Å². The van der Waals surface area contributed by atoms with Crippen LogP contribution < -0.4 is 24.0 Å². The summed E-state index contributed by atoms with van der Waals surface area (Å²) in [4.78, 5) is 22.1. The summed E-state index contributed by atoms with van der Waals surface area (Å²) in [5.74, 6) is -3.83. The quantitative estimate of drug-likeness (QED) is 0.196. The standard InChI is InChI=1S/C12H11FO4.Li/c1-2-17-12(16)11(15)7-10(14)8-5-3-4-6-9(8)13;/h3-7,14H,2H2,1H3;/q;+1/p-1/b10-7-;. The second-order valence-corrected chi connectivity index (χ2v) is 3.07. The predicted octanol–water partition coefficient (Wildman–Crippen LogP) is -2.34. The largest absolute Gasteiger partial charge is 1.00 e. The number of esters is 1. The van der Waals surface area contributed by atoms with Crippen LogP contribution in [0, 0.1) is 5.82 Å². The maximum absolute atomic E-state index is 13.2. The number of halogens is 1. The van der Waals surface area contributed by atoms with Crippen LogP contribution in [-0.2, 0) is 14.3 Å². The van der Waals surface area contributed by atoms with Gasteiger partial charge in [-0.05, 0) is 19.1 Å². The number of benzene rings is 1. The Labute approximate surface area is 116 Å². The average Bonchev–Trinajstić information content (AvgIpc) is 2.29. The Balaban J connectivity index is 0.00000289. The fourth-order valence-electron chi connectivity index (χ4n) is 1.12. The van der Waals surface area contributed by atoms with E-state index in [1.165, 1.54) is 25.1 Å². The van der Waals surface area contributed by atoms with Gasteiger partial charge in [0.15, 0.2) is 0 Å². The molecule has 0 aliphatic heterocycles. The first-order chi connectivity index (χ1) is 8.06. The van der Waals surface area contributed by atoms with Crippen LogP contribution in [0.3, 0.4) is 0 Å². The number of carbonyl (C=O) groups is 2. The Kier molecular flexibility index (Phi) is 7.02. The van der Waals surface area contributed by atoms with Crippen molar-refractivity contribution in [2.24, 2.45) is 0 Å². The molecule has 4 nitrogen and oxygen atoms in total. The van der Waals surface area contributed by atoms with Crippen molar-refractivity contribution in [3.8, 4) is 0 Å². The van der Waals surface area contributed by atoms with E-state index >= 15 is 0 Å². The SMILES string of the molecule is CCOC(=O)C(=O)/C=C(\[O-])c1ccccc1F.[Li+]. The zero-order chi connectivity index (χ0) is 12.8. The van der Waals surface area contributed by atoms with E-state index in [0.29, 0.717) is 6.08 Å². The molecule has 6 heteroatoms. The predicted molar refractivity (Wildman–Crippen MR) is 56.0 cm³/mol. The summed E-state index contributed by atoms with van der Waals surface area (Å²) in [5.41, 5.74) is -0.259. The molecule has 0 aliphatic carbocycles. The average molecular weight is 244 g/mol. The number of hydrogen-bond donors (Lipinski definition) is 0. The van der Waals surface area contributed by atoms with E-state index in [9.17, 15) is 19.1 Å². The van der Waals surface area contributed by atoms with Crippen LogP contribution in [0.25, 0.3) is 5.76 Å². The maximum Gasteiger partial charge on any atom is 1.00 e. The Morgan fingerprint density at radius 2 is 2.00 bits per heavy atom. The maximum atomic E-state index is 13.2. The summed E-state index contributed by atoms with van der Waals surface area (Å²) in [6, 6.07) is 5.20. The fourth-order valence-corrected chi connectivity index (χ4v) is 1.12. The van der Waals surface area contributed by atoms with E-state index in [1.807, 2.05) is 0 Å². The van der Waals surface area contributed by atoms with Crippen LogP contribution in [0.2, 0.25) is 0 Å². The molecular formula is C12H10FLiO4. The monoisotopic (exact) mass is 244 g/mol. The van der Waals surface area contributed by atoms with E-state index < -0.39 is 23.3 Å². The van der Waals surface area contributed by atoms with Gasteiger partial charge in [-0.3, -0.25) is 4.79 Å². The number of rotatable bonds is 4. The van der Waals surface area contributed by atoms with Crippen molar-refractivity contribution in [2.75, 3.05) is 6.61 Å². The van der Waals surface area contributed by atoms with Gasteiger partial charge in [0.2, 0.25) is 0 Å². The van der Waals surface area contributed by atoms with Gasteiger partial charge in [0.05, 0.1) is 6.61 Å². The molecular weight excluding hydrogens is 234 g/mol. The molecule has 0 saturated carbocycles. The normalized spacial score (nSPS) is 10.4. The summed E-state index contributed by atoms with van der Waals surface area (Å²) in [6.45, 7) is 1.57. The van der Waals surface area contributed by atoms with Crippen LogP contribution in [0.4, 0.5) is 4.39 Å². The Hall–Kier alpha value is -1.57. The molecule has 0 fully saturated rings. The minimum atomic E-state index is -1.13. The summed E-state index contributed by atoms with van der Waals surface area (Å²) in [5, 5.41) is 11.5. The molecule has 1 aromatic carbocycles. The number of ketones is 1. The zero-order valence-electron chi connectivity index (χ0n) is 10.1. The van der Waals surface area contributed by atoms with Gasteiger partial charge in [-0.15, -0.1) is 0 Å². The topological polar surface area (TPSA) is 66.4 Å². The molecule has 0 spiro atoms. The smallest absolute Gasteiger partial charge is 0.872 e. The molecule has 1 aromatic rings. The van der Waals surface area contributed by atoms with Gasteiger partial charge < -0.3 is 9.84 Å². The number of carbonyl (C=O) groups excluding carboxylic acids is 2. The molecule has 0 N–H and O–H groups in total. The third-order valence-electron chi connectivity index (χ3n) is 1.88. The minimum absolute atomic E-state index is 0. The van der Waals surface area contributed by atoms with Gasteiger partial charge in [0, 0.05) is 5.56 Å². The van der Waals surface area contributed by atoms with Gasteiger partial charge in [-0.25, -0.2) is 9.18 Å². The Bertz CT molecular complexity index is 471. The number of hydrogen-bond acceptors (Lipinski definition) is 4.